The third kappa shape index (κ3) is 3.71. The molecule has 0 aliphatic heterocycles. The van der Waals surface area contributed by atoms with Gasteiger partial charge in [0.15, 0.2) is 11.2 Å². The number of methoxy groups -OCH3 is 1. The van der Waals surface area contributed by atoms with Gasteiger partial charge in [-0.3, -0.25) is 13.9 Å². The van der Waals surface area contributed by atoms with Crippen molar-refractivity contribution >= 4 is 39.3 Å². The van der Waals surface area contributed by atoms with Gasteiger partial charge in [-0.2, -0.15) is 10.1 Å². The van der Waals surface area contributed by atoms with Crippen LogP contribution in [0.3, 0.4) is 0 Å². The van der Waals surface area contributed by atoms with Gasteiger partial charge in [-0.1, -0.05) is 28.1 Å². The number of hydrazone groups is 1. The van der Waals surface area contributed by atoms with Gasteiger partial charge in [0.1, 0.15) is 0 Å². The zero-order valence-corrected chi connectivity index (χ0v) is 16.7. The molecule has 0 aliphatic carbocycles. The van der Waals surface area contributed by atoms with E-state index in [0.29, 0.717) is 30.3 Å². The highest BCUT2D eigenvalue weighted by Crippen LogP contribution is 2.15. The lowest BCUT2D eigenvalue weighted by atomic mass is 10.2. The van der Waals surface area contributed by atoms with Gasteiger partial charge >= 0.3 is 5.69 Å². The Bertz CT molecular complexity index is 1110. The Hall–Kier alpha value is -2.72. The molecule has 0 fully saturated rings. The predicted molar refractivity (Wildman–Crippen MR) is 107 cm³/mol. The second-order valence-electron chi connectivity index (χ2n) is 5.88. The van der Waals surface area contributed by atoms with Gasteiger partial charge in [0, 0.05) is 32.2 Å². The molecule has 0 aliphatic rings. The van der Waals surface area contributed by atoms with Gasteiger partial charge in [0.2, 0.25) is 5.95 Å². The van der Waals surface area contributed by atoms with Crippen LogP contribution >= 0.6 is 15.9 Å². The van der Waals surface area contributed by atoms with Crippen molar-refractivity contribution in [1.82, 2.24) is 18.7 Å². The number of fused-ring (bicyclic) bond motifs is 1. The molecule has 1 N–H and O–H groups in total. The van der Waals surface area contributed by atoms with E-state index in [0.717, 1.165) is 14.6 Å². The summed E-state index contributed by atoms with van der Waals surface area (Å²) in [6, 6.07) is 7.63. The standard InChI is InChI=1S/C17H19BrN6O3/c1-22-14-13(15(25)23(2)17(22)26)24(8-9-27-3)16(20-14)21-19-10-11-4-6-12(18)7-5-11/h4-7,10H,8-9H2,1-3H3,(H,20,21). The lowest BCUT2D eigenvalue weighted by molar-refractivity contribution is 0.188. The van der Waals surface area contributed by atoms with Crippen molar-refractivity contribution in [2.75, 3.05) is 19.1 Å². The number of hydrogen-bond acceptors (Lipinski definition) is 6. The molecule has 0 saturated carbocycles. The fraction of sp³-hybridized carbons (Fsp3) is 0.294. The number of anilines is 1. The first-order valence-corrected chi connectivity index (χ1v) is 8.93. The fourth-order valence-corrected chi connectivity index (χ4v) is 2.91. The van der Waals surface area contributed by atoms with Crippen LogP contribution in [0.25, 0.3) is 11.2 Å². The quantitative estimate of drug-likeness (QED) is 0.465. The van der Waals surface area contributed by atoms with Crippen LogP contribution in [0.4, 0.5) is 5.95 Å². The summed E-state index contributed by atoms with van der Waals surface area (Å²) >= 11 is 3.38. The SMILES string of the molecule is COCCn1c(NN=Cc2ccc(Br)cc2)nc2c1c(=O)n(C)c(=O)n2C. The Morgan fingerprint density at radius 1 is 1.22 bits per heavy atom. The number of rotatable bonds is 6. The molecule has 3 rings (SSSR count). The average Bonchev–Trinajstić information content (AvgIpc) is 3.03. The highest BCUT2D eigenvalue weighted by atomic mass is 79.9. The third-order valence-corrected chi connectivity index (χ3v) is 4.64. The van der Waals surface area contributed by atoms with E-state index in [2.05, 4.69) is 31.4 Å². The van der Waals surface area contributed by atoms with Crippen molar-refractivity contribution in [3.05, 3.63) is 55.1 Å². The molecule has 0 saturated heterocycles. The van der Waals surface area contributed by atoms with Crippen molar-refractivity contribution in [3.8, 4) is 0 Å². The molecule has 0 atom stereocenters. The molecule has 0 amide bonds. The molecular weight excluding hydrogens is 416 g/mol. The van der Waals surface area contributed by atoms with E-state index in [-0.39, 0.29) is 0 Å². The number of nitrogens with zero attached hydrogens (tertiary/aromatic N) is 5. The van der Waals surface area contributed by atoms with Crippen LogP contribution in [-0.2, 0) is 25.4 Å². The van der Waals surface area contributed by atoms with Gasteiger partial charge in [-0.25, -0.2) is 10.2 Å². The van der Waals surface area contributed by atoms with Gasteiger partial charge < -0.3 is 9.30 Å². The minimum Gasteiger partial charge on any atom is -0.383 e. The fourth-order valence-electron chi connectivity index (χ4n) is 2.65. The maximum Gasteiger partial charge on any atom is 0.332 e. The van der Waals surface area contributed by atoms with Crippen LogP contribution < -0.4 is 16.7 Å². The normalized spacial score (nSPS) is 11.6. The summed E-state index contributed by atoms with van der Waals surface area (Å²) in [5.41, 5.74) is 3.51. The van der Waals surface area contributed by atoms with Crippen LogP contribution in [0.15, 0.2) is 43.4 Å². The Morgan fingerprint density at radius 2 is 1.93 bits per heavy atom. The van der Waals surface area contributed by atoms with E-state index in [1.165, 1.54) is 11.6 Å². The van der Waals surface area contributed by atoms with Gasteiger partial charge in [0.05, 0.1) is 12.8 Å². The topological polar surface area (TPSA) is 95.4 Å². The van der Waals surface area contributed by atoms with Gasteiger partial charge in [-0.15, -0.1) is 0 Å². The summed E-state index contributed by atoms with van der Waals surface area (Å²) in [6.07, 6.45) is 1.64. The first-order valence-electron chi connectivity index (χ1n) is 8.14. The van der Waals surface area contributed by atoms with E-state index >= 15 is 0 Å². The molecule has 9 nitrogen and oxygen atoms in total. The number of ether oxygens (including phenoxy) is 1. The molecular formula is C17H19BrN6O3. The second kappa shape index (κ2) is 7.89. The minimum absolute atomic E-state index is 0.292. The second-order valence-corrected chi connectivity index (χ2v) is 6.80. The number of benzene rings is 1. The Kier molecular flexibility index (Phi) is 5.57. The van der Waals surface area contributed by atoms with Crippen molar-refractivity contribution in [1.29, 1.82) is 0 Å². The summed E-state index contributed by atoms with van der Waals surface area (Å²) < 4.78 is 10.2. The number of aryl methyl sites for hydroxylation is 1. The largest absolute Gasteiger partial charge is 0.383 e. The monoisotopic (exact) mass is 434 g/mol. The van der Waals surface area contributed by atoms with Crippen molar-refractivity contribution in [3.63, 3.8) is 0 Å². The Morgan fingerprint density at radius 3 is 2.59 bits per heavy atom. The molecule has 10 heteroatoms. The molecule has 2 aromatic heterocycles. The maximum absolute atomic E-state index is 12.6. The van der Waals surface area contributed by atoms with Gasteiger partial charge in [0.25, 0.3) is 5.56 Å². The summed E-state index contributed by atoms with van der Waals surface area (Å²) in [5, 5.41) is 4.20. The molecule has 0 spiro atoms. The molecule has 0 bridgehead atoms. The minimum atomic E-state index is -0.436. The van der Waals surface area contributed by atoms with E-state index in [9.17, 15) is 9.59 Å². The number of halogens is 1. The molecule has 2 heterocycles. The maximum atomic E-state index is 12.6. The molecule has 27 heavy (non-hydrogen) atoms. The molecule has 142 valence electrons. The summed E-state index contributed by atoms with van der Waals surface area (Å²) in [6.45, 7) is 0.763. The van der Waals surface area contributed by atoms with Crippen LogP contribution in [0, 0.1) is 0 Å². The first kappa shape index (κ1) is 19.1. The van der Waals surface area contributed by atoms with Crippen LogP contribution in [0.1, 0.15) is 5.56 Å². The lowest BCUT2D eigenvalue weighted by Gasteiger charge is -2.08. The van der Waals surface area contributed by atoms with Crippen LogP contribution in [-0.4, -0.2) is 38.6 Å². The van der Waals surface area contributed by atoms with Crippen LogP contribution in [0.2, 0.25) is 0 Å². The highest BCUT2D eigenvalue weighted by molar-refractivity contribution is 9.10. The zero-order chi connectivity index (χ0) is 19.6. The summed E-state index contributed by atoms with van der Waals surface area (Å²) in [5.74, 6) is 0.355. The van der Waals surface area contributed by atoms with Crippen molar-refractivity contribution in [2.24, 2.45) is 19.2 Å². The number of aromatic nitrogens is 4. The van der Waals surface area contributed by atoms with E-state index < -0.39 is 11.2 Å². The van der Waals surface area contributed by atoms with E-state index in [1.807, 2.05) is 24.3 Å². The highest BCUT2D eigenvalue weighted by Gasteiger charge is 2.18. The lowest BCUT2D eigenvalue weighted by Crippen LogP contribution is -2.37. The summed E-state index contributed by atoms with van der Waals surface area (Å²) in [4.78, 5) is 29.2. The first-order chi connectivity index (χ1) is 12.9. The van der Waals surface area contributed by atoms with Crippen molar-refractivity contribution < 1.29 is 4.74 Å². The Balaban J connectivity index is 2.04. The summed E-state index contributed by atoms with van der Waals surface area (Å²) in [7, 11) is 4.59. The number of imidazole rings is 1. The van der Waals surface area contributed by atoms with E-state index in [4.69, 9.17) is 4.74 Å². The molecule has 3 aromatic rings. The zero-order valence-electron chi connectivity index (χ0n) is 15.1. The smallest absolute Gasteiger partial charge is 0.332 e. The number of nitrogens with one attached hydrogen (secondary N) is 1. The predicted octanol–water partition coefficient (Wildman–Crippen LogP) is 1.29. The molecule has 1 aromatic carbocycles. The molecule has 0 unspecified atom stereocenters. The average molecular weight is 435 g/mol. The molecule has 0 radical (unpaired) electrons. The Labute approximate surface area is 163 Å². The van der Waals surface area contributed by atoms with Crippen molar-refractivity contribution in [2.45, 2.75) is 6.54 Å². The third-order valence-electron chi connectivity index (χ3n) is 4.12. The van der Waals surface area contributed by atoms with Gasteiger partial charge in [-0.05, 0) is 17.7 Å². The van der Waals surface area contributed by atoms with E-state index in [1.54, 1.807) is 24.9 Å². The number of hydrogen-bond donors (Lipinski definition) is 1. The van der Waals surface area contributed by atoms with Crippen LogP contribution in [0.5, 0.6) is 0 Å².